The molecular weight excluding hydrogens is 286 g/mol. The lowest BCUT2D eigenvalue weighted by atomic mass is 10.2. The Morgan fingerprint density at radius 2 is 1.90 bits per heavy atom. The smallest absolute Gasteiger partial charge is 0.215 e. The number of para-hydroxylation sites is 1. The lowest BCUT2D eigenvalue weighted by Gasteiger charge is -2.20. The average Bonchev–Trinajstić information content (AvgIpc) is 2.40. The number of nitrogen functional groups attached to an aromatic ring is 1. The van der Waals surface area contributed by atoms with E-state index in [1.54, 1.807) is 24.3 Å². The lowest BCUT2D eigenvalue weighted by molar-refractivity contribution is 0.268. The quantitative estimate of drug-likeness (QED) is 0.538. The van der Waals surface area contributed by atoms with E-state index in [1.807, 2.05) is 0 Å². The van der Waals surface area contributed by atoms with Crippen molar-refractivity contribution >= 4 is 15.7 Å². The number of sulfonamides is 1. The summed E-state index contributed by atoms with van der Waals surface area (Å²) < 4.78 is 26.6. The Kier molecular flexibility index (Phi) is 7.14. The van der Waals surface area contributed by atoms with Crippen molar-refractivity contribution in [3.63, 3.8) is 0 Å². The third-order valence-electron chi connectivity index (χ3n) is 3.54. The van der Waals surface area contributed by atoms with Crippen LogP contribution in [-0.2, 0) is 15.8 Å². The minimum absolute atomic E-state index is 0.0639. The molecule has 5 nitrogen and oxygen atoms in total. The number of nitrogens with two attached hydrogens (primary N) is 1. The first kappa shape index (κ1) is 17.9. The Hall–Kier alpha value is -1.11. The molecule has 0 aromatic heterocycles. The molecule has 0 saturated carbocycles. The van der Waals surface area contributed by atoms with Crippen LogP contribution in [0.25, 0.3) is 0 Å². The zero-order valence-electron chi connectivity index (χ0n) is 13.2. The maximum absolute atomic E-state index is 12.0. The van der Waals surface area contributed by atoms with Gasteiger partial charge in [0, 0.05) is 18.3 Å². The molecule has 0 heterocycles. The minimum atomic E-state index is -3.32. The highest BCUT2D eigenvalue weighted by molar-refractivity contribution is 7.88. The molecule has 0 saturated heterocycles. The Bertz CT molecular complexity index is 529. The number of rotatable bonds is 9. The molecule has 0 spiro atoms. The van der Waals surface area contributed by atoms with Crippen molar-refractivity contribution in [3.05, 3.63) is 29.8 Å². The first-order valence-corrected chi connectivity index (χ1v) is 8.98. The van der Waals surface area contributed by atoms with E-state index >= 15 is 0 Å². The van der Waals surface area contributed by atoms with Gasteiger partial charge in [-0.1, -0.05) is 18.2 Å². The summed E-state index contributed by atoms with van der Waals surface area (Å²) in [5.74, 6) is -0.0639. The van der Waals surface area contributed by atoms with Crippen molar-refractivity contribution in [2.45, 2.75) is 38.5 Å². The molecule has 0 unspecified atom stereocenters. The minimum Gasteiger partial charge on any atom is -0.398 e. The van der Waals surface area contributed by atoms with Crippen molar-refractivity contribution < 1.29 is 8.42 Å². The van der Waals surface area contributed by atoms with E-state index in [0.29, 0.717) is 23.8 Å². The molecule has 1 rings (SSSR count). The summed E-state index contributed by atoms with van der Waals surface area (Å²) in [6, 6.07) is 7.56. The van der Waals surface area contributed by atoms with Crippen LogP contribution in [0.3, 0.4) is 0 Å². The molecule has 0 bridgehead atoms. The second-order valence-corrected chi connectivity index (χ2v) is 7.44. The zero-order valence-corrected chi connectivity index (χ0v) is 14.0. The van der Waals surface area contributed by atoms with Crippen LogP contribution >= 0.6 is 0 Å². The van der Waals surface area contributed by atoms with Gasteiger partial charge >= 0.3 is 0 Å². The summed E-state index contributed by atoms with van der Waals surface area (Å²) in [5.41, 5.74) is 6.93. The van der Waals surface area contributed by atoms with Crippen LogP contribution in [0, 0.1) is 0 Å². The highest BCUT2D eigenvalue weighted by Gasteiger charge is 2.12. The van der Waals surface area contributed by atoms with Crippen LogP contribution in [0.4, 0.5) is 5.69 Å². The van der Waals surface area contributed by atoms with Crippen LogP contribution in [0.2, 0.25) is 0 Å². The van der Waals surface area contributed by atoms with Crippen LogP contribution < -0.4 is 10.5 Å². The molecule has 0 aliphatic carbocycles. The first-order chi connectivity index (χ1) is 9.82. The third-order valence-corrected chi connectivity index (χ3v) is 4.88. The number of hydrogen-bond donors (Lipinski definition) is 2. The number of unbranched alkanes of at least 4 members (excludes halogenated alkanes) is 1. The zero-order chi connectivity index (χ0) is 15.9. The summed E-state index contributed by atoms with van der Waals surface area (Å²) in [6.07, 6.45) is 1.81. The first-order valence-electron chi connectivity index (χ1n) is 7.33. The molecule has 0 fully saturated rings. The molecule has 6 heteroatoms. The summed E-state index contributed by atoms with van der Waals surface area (Å²) >= 11 is 0. The molecule has 0 aliphatic rings. The van der Waals surface area contributed by atoms with Gasteiger partial charge in [0.1, 0.15) is 0 Å². The van der Waals surface area contributed by atoms with Crippen molar-refractivity contribution in [1.29, 1.82) is 0 Å². The van der Waals surface area contributed by atoms with E-state index < -0.39 is 10.0 Å². The summed E-state index contributed by atoms with van der Waals surface area (Å²) in [6.45, 7) is 5.74. The van der Waals surface area contributed by atoms with Crippen LogP contribution in [0.15, 0.2) is 24.3 Å². The highest BCUT2D eigenvalue weighted by Crippen LogP contribution is 2.13. The van der Waals surface area contributed by atoms with Gasteiger partial charge in [-0.05, 0) is 51.9 Å². The predicted molar refractivity (Wildman–Crippen MR) is 88.5 cm³/mol. The fourth-order valence-electron chi connectivity index (χ4n) is 1.89. The maximum atomic E-state index is 12.0. The lowest BCUT2D eigenvalue weighted by Crippen LogP contribution is -2.29. The van der Waals surface area contributed by atoms with E-state index in [0.717, 1.165) is 19.4 Å². The van der Waals surface area contributed by atoms with E-state index in [1.165, 1.54) is 0 Å². The van der Waals surface area contributed by atoms with Gasteiger partial charge in [0.2, 0.25) is 10.0 Å². The Balaban J connectivity index is 2.32. The van der Waals surface area contributed by atoms with Crippen molar-refractivity contribution in [2.24, 2.45) is 0 Å². The summed E-state index contributed by atoms with van der Waals surface area (Å²) in [4.78, 5) is 2.25. The maximum Gasteiger partial charge on any atom is 0.215 e. The van der Waals surface area contributed by atoms with Gasteiger partial charge in [0.25, 0.3) is 0 Å². The Labute approximate surface area is 128 Å². The van der Waals surface area contributed by atoms with Gasteiger partial charge in [-0.3, -0.25) is 0 Å². The third kappa shape index (κ3) is 6.93. The van der Waals surface area contributed by atoms with Gasteiger partial charge in [-0.25, -0.2) is 13.1 Å². The van der Waals surface area contributed by atoms with Crippen molar-refractivity contribution in [2.75, 3.05) is 25.9 Å². The Morgan fingerprint density at radius 3 is 2.52 bits per heavy atom. The van der Waals surface area contributed by atoms with Crippen LogP contribution in [0.1, 0.15) is 32.3 Å². The van der Waals surface area contributed by atoms with Gasteiger partial charge in [-0.15, -0.1) is 0 Å². The van der Waals surface area contributed by atoms with Crippen LogP contribution in [-0.4, -0.2) is 39.5 Å². The molecule has 21 heavy (non-hydrogen) atoms. The topological polar surface area (TPSA) is 75.4 Å². The highest BCUT2D eigenvalue weighted by atomic mass is 32.2. The second kappa shape index (κ2) is 8.36. The number of anilines is 1. The second-order valence-electron chi connectivity index (χ2n) is 5.63. The van der Waals surface area contributed by atoms with Gasteiger partial charge in [0.05, 0.1) is 5.75 Å². The number of nitrogens with zero attached hydrogens (tertiary/aromatic N) is 1. The number of nitrogens with one attached hydrogen (secondary N) is 1. The fraction of sp³-hybridized carbons (Fsp3) is 0.600. The number of benzene rings is 1. The van der Waals surface area contributed by atoms with E-state index in [-0.39, 0.29) is 5.75 Å². The van der Waals surface area contributed by atoms with Crippen LogP contribution in [0.5, 0.6) is 0 Å². The van der Waals surface area contributed by atoms with Gasteiger partial charge in [0.15, 0.2) is 0 Å². The Morgan fingerprint density at radius 1 is 1.24 bits per heavy atom. The fourth-order valence-corrected chi connectivity index (χ4v) is 3.12. The molecule has 3 N–H and O–H groups in total. The molecule has 1 aromatic rings. The molecule has 0 atom stereocenters. The van der Waals surface area contributed by atoms with E-state index in [9.17, 15) is 8.42 Å². The standard InChI is InChI=1S/C15H27N3O2S/c1-13(2)18(3)11-7-6-10-17-21(19,20)12-14-8-4-5-9-15(14)16/h4-5,8-9,13,17H,6-7,10-12,16H2,1-3H3. The largest absolute Gasteiger partial charge is 0.398 e. The molecule has 1 aromatic carbocycles. The SMILES string of the molecule is CC(C)N(C)CCCCNS(=O)(=O)Cc1ccccc1N. The predicted octanol–water partition coefficient (Wildman–Crippen LogP) is 1.81. The van der Waals surface area contributed by atoms with E-state index in [2.05, 4.69) is 30.5 Å². The van der Waals surface area contributed by atoms with Crippen molar-refractivity contribution in [3.8, 4) is 0 Å². The van der Waals surface area contributed by atoms with E-state index in [4.69, 9.17) is 5.73 Å². The molecule has 0 amide bonds. The normalized spacial score (nSPS) is 12.2. The molecule has 0 aliphatic heterocycles. The van der Waals surface area contributed by atoms with Gasteiger partial charge < -0.3 is 10.6 Å². The molecule has 120 valence electrons. The summed E-state index contributed by atoms with van der Waals surface area (Å²) in [5, 5.41) is 0. The number of hydrogen-bond acceptors (Lipinski definition) is 4. The van der Waals surface area contributed by atoms with Gasteiger partial charge in [-0.2, -0.15) is 0 Å². The molecular formula is C15H27N3O2S. The molecule has 0 radical (unpaired) electrons. The van der Waals surface area contributed by atoms with Crippen molar-refractivity contribution in [1.82, 2.24) is 9.62 Å². The summed E-state index contributed by atoms with van der Waals surface area (Å²) in [7, 11) is -1.24. The monoisotopic (exact) mass is 313 g/mol. The average molecular weight is 313 g/mol.